The minimum Gasteiger partial charge on any atom is -0.405 e. The Morgan fingerprint density at radius 2 is 2.13 bits per heavy atom. The molecule has 1 N–H and O–H groups in total. The van der Waals surface area contributed by atoms with E-state index in [1.165, 1.54) is 30.4 Å². The molecule has 4 nitrogen and oxygen atoms in total. The second kappa shape index (κ2) is 7.04. The average molecular weight is 329 g/mol. The molecule has 1 aromatic rings. The Balaban J connectivity index is 2.04. The van der Waals surface area contributed by atoms with Gasteiger partial charge in [-0.2, -0.15) is 0 Å². The first-order valence-electron chi connectivity index (χ1n) is 7.26. The quantitative estimate of drug-likeness (QED) is 0.864. The van der Waals surface area contributed by atoms with Crippen molar-refractivity contribution in [3.05, 3.63) is 35.9 Å². The van der Waals surface area contributed by atoms with Crippen molar-refractivity contribution in [1.29, 1.82) is 0 Å². The van der Waals surface area contributed by atoms with Gasteiger partial charge in [-0.3, -0.25) is 4.79 Å². The third-order valence-electron chi connectivity index (χ3n) is 3.77. The van der Waals surface area contributed by atoms with Crippen molar-refractivity contribution in [3.63, 3.8) is 0 Å². The van der Waals surface area contributed by atoms with Crippen molar-refractivity contribution in [3.8, 4) is 5.75 Å². The van der Waals surface area contributed by atoms with Crippen molar-refractivity contribution in [2.75, 3.05) is 13.1 Å². The molecule has 2 rings (SSSR count). The molecule has 23 heavy (non-hydrogen) atoms. The first kappa shape index (κ1) is 17.3. The zero-order valence-corrected chi connectivity index (χ0v) is 12.6. The van der Waals surface area contributed by atoms with Gasteiger partial charge in [0.15, 0.2) is 0 Å². The zero-order chi connectivity index (χ0) is 17.0. The van der Waals surface area contributed by atoms with Crippen LogP contribution in [-0.4, -0.2) is 41.5 Å². The summed E-state index contributed by atoms with van der Waals surface area (Å²) in [6.45, 7) is 2.65. The second-order valence-corrected chi connectivity index (χ2v) is 5.49. The van der Waals surface area contributed by atoms with Crippen molar-refractivity contribution < 1.29 is 27.8 Å². The average Bonchev–Trinajstić information content (AvgIpc) is 2.94. The third kappa shape index (κ3) is 4.99. The minimum absolute atomic E-state index is 0.0354. The zero-order valence-electron chi connectivity index (χ0n) is 12.6. The molecule has 0 aliphatic carbocycles. The molecule has 2 unspecified atom stereocenters. The lowest BCUT2D eigenvalue weighted by Crippen LogP contribution is -2.28. The number of benzene rings is 1. The summed E-state index contributed by atoms with van der Waals surface area (Å²) >= 11 is 0. The molecule has 1 aliphatic heterocycles. The van der Waals surface area contributed by atoms with Crippen LogP contribution in [-0.2, 0) is 4.79 Å². The number of aliphatic hydroxyl groups excluding tert-OH is 1. The molecule has 1 amide bonds. The number of carbonyl (C=O) groups is 1. The van der Waals surface area contributed by atoms with Gasteiger partial charge in [-0.05, 0) is 25.5 Å². The van der Waals surface area contributed by atoms with Gasteiger partial charge in [0.05, 0.1) is 6.10 Å². The van der Waals surface area contributed by atoms with E-state index in [0.29, 0.717) is 19.5 Å². The third-order valence-corrected chi connectivity index (χ3v) is 3.77. The van der Waals surface area contributed by atoms with Crippen LogP contribution >= 0.6 is 0 Å². The summed E-state index contributed by atoms with van der Waals surface area (Å²) in [4.78, 5) is 13.6. The lowest BCUT2D eigenvalue weighted by molar-refractivity contribution is -0.274. The largest absolute Gasteiger partial charge is 0.573 e. The minimum atomic E-state index is -4.78. The smallest absolute Gasteiger partial charge is 0.405 e. The maximum atomic E-state index is 12.3. The number of rotatable bonds is 4. The molecule has 0 radical (unpaired) electrons. The van der Waals surface area contributed by atoms with E-state index in [1.807, 2.05) is 0 Å². The highest BCUT2D eigenvalue weighted by atomic mass is 19.4. The molecule has 1 aromatic carbocycles. The van der Waals surface area contributed by atoms with Crippen molar-refractivity contribution >= 4 is 12.0 Å². The number of carbonyl (C=O) groups excluding carboxylic acids is 1. The Labute approximate surface area is 132 Å². The van der Waals surface area contributed by atoms with E-state index < -0.39 is 12.5 Å². The van der Waals surface area contributed by atoms with Gasteiger partial charge in [0.25, 0.3) is 0 Å². The fraction of sp³-hybridized carbons (Fsp3) is 0.438. The molecule has 0 saturated carbocycles. The van der Waals surface area contributed by atoms with Crippen LogP contribution in [0.5, 0.6) is 5.75 Å². The topological polar surface area (TPSA) is 49.8 Å². The van der Waals surface area contributed by atoms with Gasteiger partial charge in [-0.25, -0.2) is 0 Å². The van der Waals surface area contributed by atoms with Gasteiger partial charge in [0.2, 0.25) is 5.91 Å². The van der Waals surface area contributed by atoms with Crippen LogP contribution in [0.4, 0.5) is 13.2 Å². The van der Waals surface area contributed by atoms with Crippen molar-refractivity contribution in [2.24, 2.45) is 5.92 Å². The second-order valence-electron chi connectivity index (χ2n) is 5.49. The fourth-order valence-corrected chi connectivity index (χ4v) is 2.48. The van der Waals surface area contributed by atoms with Gasteiger partial charge in [0.1, 0.15) is 5.75 Å². The highest BCUT2D eigenvalue weighted by Gasteiger charge is 2.32. The predicted molar refractivity (Wildman–Crippen MR) is 78.5 cm³/mol. The molecule has 0 aromatic heterocycles. The molecule has 7 heteroatoms. The Kier molecular flexibility index (Phi) is 5.30. The van der Waals surface area contributed by atoms with Gasteiger partial charge in [-0.15, -0.1) is 13.2 Å². The lowest BCUT2D eigenvalue weighted by Gasteiger charge is -2.16. The number of hydrogen-bond acceptors (Lipinski definition) is 3. The maximum absolute atomic E-state index is 12.3. The highest BCUT2D eigenvalue weighted by Crippen LogP contribution is 2.27. The molecule has 2 atom stereocenters. The maximum Gasteiger partial charge on any atom is 0.573 e. The Morgan fingerprint density at radius 3 is 2.74 bits per heavy atom. The monoisotopic (exact) mass is 329 g/mol. The number of amides is 1. The van der Waals surface area contributed by atoms with E-state index in [1.54, 1.807) is 17.9 Å². The summed E-state index contributed by atoms with van der Waals surface area (Å²) in [6.07, 6.45) is -2.03. The fourth-order valence-electron chi connectivity index (χ4n) is 2.48. The molecule has 0 spiro atoms. The summed E-state index contributed by atoms with van der Waals surface area (Å²) in [5.74, 6) is -0.615. The number of aliphatic hydroxyl groups is 1. The number of alkyl halides is 3. The summed E-state index contributed by atoms with van der Waals surface area (Å²) in [6, 6.07) is 5.62. The predicted octanol–water partition coefficient (Wildman–Crippen LogP) is 2.83. The van der Waals surface area contributed by atoms with Crippen LogP contribution in [0.15, 0.2) is 30.3 Å². The highest BCUT2D eigenvalue weighted by molar-refractivity contribution is 5.92. The Morgan fingerprint density at radius 1 is 1.43 bits per heavy atom. The SMILES string of the molecule is CC(O)C1CCN(C(=O)/C=C/c2ccccc2OC(F)(F)F)C1. The van der Waals surface area contributed by atoms with Crippen LogP contribution in [0.1, 0.15) is 18.9 Å². The summed E-state index contributed by atoms with van der Waals surface area (Å²) < 4.78 is 40.9. The number of para-hydroxylation sites is 1. The van der Waals surface area contributed by atoms with Crippen LogP contribution in [0, 0.1) is 5.92 Å². The molecule has 0 bridgehead atoms. The molecule has 126 valence electrons. The van der Waals surface area contributed by atoms with Crippen molar-refractivity contribution in [1.82, 2.24) is 4.90 Å². The van der Waals surface area contributed by atoms with Crippen molar-refractivity contribution in [2.45, 2.75) is 25.8 Å². The molecule has 1 saturated heterocycles. The van der Waals surface area contributed by atoms with Crippen LogP contribution in [0.2, 0.25) is 0 Å². The van der Waals surface area contributed by atoms with Gasteiger partial charge in [0, 0.05) is 30.6 Å². The van der Waals surface area contributed by atoms with E-state index in [2.05, 4.69) is 4.74 Å². The Bertz CT molecular complexity index is 584. The summed E-state index contributed by atoms with van der Waals surface area (Å²) in [7, 11) is 0. The molecule has 1 fully saturated rings. The van der Waals surface area contributed by atoms with E-state index in [4.69, 9.17) is 0 Å². The number of hydrogen-bond donors (Lipinski definition) is 1. The van der Waals surface area contributed by atoms with Crippen LogP contribution in [0.25, 0.3) is 6.08 Å². The summed E-state index contributed by atoms with van der Waals surface area (Å²) in [5.41, 5.74) is 0.171. The first-order valence-corrected chi connectivity index (χ1v) is 7.26. The van der Waals surface area contributed by atoms with Crippen LogP contribution in [0.3, 0.4) is 0 Å². The first-order chi connectivity index (χ1) is 10.8. The van der Waals surface area contributed by atoms with Crippen LogP contribution < -0.4 is 4.74 Å². The molecular formula is C16H18F3NO3. The van der Waals surface area contributed by atoms with E-state index >= 15 is 0 Å². The number of nitrogens with zero attached hydrogens (tertiary/aromatic N) is 1. The Hall–Kier alpha value is -2.02. The van der Waals surface area contributed by atoms with E-state index in [-0.39, 0.29) is 23.1 Å². The number of likely N-dealkylation sites (tertiary alicyclic amines) is 1. The van der Waals surface area contributed by atoms with E-state index in [9.17, 15) is 23.1 Å². The standard InChI is InChI=1S/C16H18F3NO3/c1-11(21)13-8-9-20(10-13)15(22)7-6-12-4-2-3-5-14(12)23-16(17,18)19/h2-7,11,13,21H,8-10H2,1H3/b7-6+. The van der Waals surface area contributed by atoms with Gasteiger partial charge >= 0.3 is 6.36 Å². The molecular weight excluding hydrogens is 311 g/mol. The van der Waals surface area contributed by atoms with E-state index in [0.717, 1.165) is 0 Å². The number of ether oxygens (including phenoxy) is 1. The molecule has 1 aliphatic rings. The summed E-state index contributed by atoms with van der Waals surface area (Å²) in [5, 5.41) is 9.53. The molecule has 1 heterocycles. The lowest BCUT2D eigenvalue weighted by atomic mass is 10.0. The van der Waals surface area contributed by atoms with Gasteiger partial charge < -0.3 is 14.7 Å². The van der Waals surface area contributed by atoms with Gasteiger partial charge in [-0.1, -0.05) is 18.2 Å². The number of halogens is 3. The normalized spacial score (nSPS) is 20.0.